The van der Waals surface area contributed by atoms with Crippen LogP contribution in [0.15, 0.2) is 46.4 Å². The largest absolute Gasteiger partial charge is 0.505 e. The Bertz CT molecular complexity index is 1110. The molecule has 2 saturated carbocycles. The second kappa shape index (κ2) is 10.9. The Hall–Kier alpha value is -3.14. The van der Waals surface area contributed by atoms with Crippen molar-refractivity contribution in [3.63, 3.8) is 0 Å². The summed E-state index contributed by atoms with van der Waals surface area (Å²) in [5, 5.41) is 22.0. The second-order valence-corrected chi connectivity index (χ2v) is 9.52. The summed E-state index contributed by atoms with van der Waals surface area (Å²) in [5.74, 6) is -0.0140. The van der Waals surface area contributed by atoms with Gasteiger partial charge in [-0.2, -0.15) is 0 Å². The van der Waals surface area contributed by atoms with Crippen molar-refractivity contribution in [2.75, 3.05) is 26.0 Å². The molecule has 1 amide bonds. The Labute approximate surface area is 202 Å². The van der Waals surface area contributed by atoms with Gasteiger partial charge in [0.1, 0.15) is 0 Å². The number of amides is 1. The Balaban J connectivity index is 1.93. The van der Waals surface area contributed by atoms with E-state index in [9.17, 15) is 18.3 Å². The summed E-state index contributed by atoms with van der Waals surface area (Å²) < 4.78 is 26.9. The van der Waals surface area contributed by atoms with Gasteiger partial charge in [-0.25, -0.2) is 8.42 Å². The van der Waals surface area contributed by atoms with Gasteiger partial charge < -0.3 is 20.2 Å². The highest BCUT2D eigenvalue weighted by Crippen LogP contribution is 2.39. The van der Waals surface area contributed by atoms with E-state index in [0.717, 1.165) is 18.4 Å². The van der Waals surface area contributed by atoms with Crippen molar-refractivity contribution in [1.29, 1.82) is 5.41 Å². The number of thiol groups is 1. The van der Waals surface area contributed by atoms with Crippen LogP contribution in [0.2, 0.25) is 0 Å². The maximum Gasteiger partial charge on any atom is 0.254 e. The van der Waals surface area contributed by atoms with Crippen LogP contribution in [0.5, 0.6) is 5.75 Å². The molecule has 0 unspecified atom stereocenters. The van der Waals surface area contributed by atoms with Crippen LogP contribution in [0.3, 0.4) is 0 Å². The number of likely N-dealkylation sites (N-methyl/N-ethyl adjacent to an activating group) is 2. The van der Waals surface area contributed by atoms with E-state index in [1.807, 2.05) is 6.92 Å². The molecule has 0 radical (unpaired) electrons. The molecule has 0 aromatic heterocycles. The minimum absolute atomic E-state index is 0.0367. The maximum absolute atomic E-state index is 12.1. The first kappa shape index (κ1) is 25.5. The van der Waals surface area contributed by atoms with Crippen LogP contribution in [0.1, 0.15) is 43.0 Å². The van der Waals surface area contributed by atoms with Crippen molar-refractivity contribution in [2.45, 2.75) is 38.6 Å². The highest BCUT2D eigenvalue weighted by Gasteiger charge is 2.37. The molecule has 1 aromatic carbocycles. The third kappa shape index (κ3) is 6.05. The lowest BCUT2D eigenvalue weighted by molar-refractivity contribution is 0.0960. The van der Waals surface area contributed by atoms with Crippen molar-refractivity contribution in [3.8, 4) is 5.75 Å². The highest BCUT2D eigenvalue weighted by molar-refractivity contribution is 7.71. The maximum atomic E-state index is 12.1. The van der Waals surface area contributed by atoms with Gasteiger partial charge in [0.15, 0.2) is 17.4 Å². The number of carbonyl (C=O) groups excluding carboxylic acids is 1. The number of aromatic hydroxyl groups is 1. The van der Waals surface area contributed by atoms with Gasteiger partial charge in [-0.05, 0) is 56.6 Å². The number of anilines is 1. The highest BCUT2D eigenvalue weighted by atomic mass is 32.2. The second-order valence-electron chi connectivity index (χ2n) is 8.85. The molecule has 0 saturated heterocycles. The number of phenolic OH excluding ortho intramolecular Hbond substituents is 1. The Morgan fingerprint density at radius 1 is 1.26 bits per heavy atom. The number of carbonyl (C=O) groups is 1. The number of nitrogens with one attached hydrogen (secondary N) is 2. The van der Waals surface area contributed by atoms with Crippen LogP contribution >= 0.6 is 0 Å². The van der Waals surface area contributed by atoms with Crippen LogP contribution in [-0.4, -0.2) is 63.2 Å². The molecule has 0 spiro atoms. The summed E-state index contributed by atoms with van der Waals surface area (Å²) in [6.45, 7) is 2.03. The predicted octanol–water partition coefficient (Wildman–Crippen LogP) is 2.71. The summed E-state index contributed by atoms with van der Waals surface area (Å²) in [4.78, 5) is 15.2. The number of amidine groups is 2. The third-order valence-electron chi connectivity index (χ3n) is 6.22. The topological polar surface area (TPSA) is 126 Å². The van der Waals surface area contributed by atoms with Crippen LogP contribution in [0, 0.1) is 17.2 Å². The number of hydrogen-bond donors (Lipinski definition) is 4. The van der Waals surface area contributed by atoms with E-state index < -0.39 is 16.8 Å². The Kier molecular flexibility index (Phi) is 8.14. The van der Waals surface area contributed by atoms with E-state index in [1.54, 1.807) is 18.0 Å². The molecule has 2 aliphatic carbocycles. The van der Waals surface area contributed by atoms with Gasteiger partial charge in [0.05, 0.1) is 17.3 Å². The Morgan fingerprint density at radius 3 is 2.50 bits per heavy atom. The lowest BCUT2D eigenvalue weighted by atomic mass is 10.0. The van der Waals surface area contributed by atoms with E-state index in [4.69, 9.17) is 5.41 Å². The summed E-state index contributed by atoms with van der Waals surface area (Å²) in [7, 11) is 1.51. The van der Waals surface area contributed by atoms with Crippen LogP contribution in [0.25, 0.3) is 0 Å². The molecule has 3 rings (SSSR count). The van der Waals surface area contributed by atoms with Crippen LogP contribution < -0.4 is 10.2 Å². The predicted molar refractivity (Wildman–Crippen MR) is 135 cm³/mol. The monoisotopic (exact) mass is 487 g/mol. The van der Waals surface area contributed by atoms with Crippen molar-refractivity contribution >= 4 is 34.2 Å². The van der Waals surface area contributed by atoms with Gasteiger partial charge in [0.2, 0.25) is 10.9 Å². The molecule has 184 valence electrons. The number of allylic oxidation sites excluding steroid dienone is 3. The third-order valence-corrected chi connectivity index (χ3v) is 6.58. The minimum atomic E-state index is -3.20. The molecule has 0 aliphatic heterocycles. The zero-order chi connectivity index (χ0) is 25.0. The molecule has 3 N–H and O–H groups in total. The van der Waals surface area contributed by atoms with Crippen molar-refractivity contribution in [2.24, 2.45) is 16.2 Å². The lowest BCUT2D eigenvalue weighted by Gasteiger charge is -2.33. The van der Waals surface area contributed by atoms with Gasteiger partial charge in [-0.15, -0.1) is 4.40 Å². The van der Waals surface area contributed by atoms with Crippen molar-refractivity contribution in [1.82, 2.24) is 10.2 Å². The first-order valence-corrected chi connectivity index (χ1v) is 12.5. The zero-order valence-corrected chi connectivity index (χ0v) is 20.9. The first-order chi connectivity index (χ1) is 16.1. The summed E-state index contributed by atoms with van der Waals surface area (Å²) >= 11 is 0. The fourth-order valence-electron chi connectivity index (χ4n) is 4.04. The number of hydrogen-bond acceptors (Lipinski definition) is 5. The van der Waals surface area contributed by atoms with E-state index >= 15 is 0 Å². The minimum Gasteiger partial charge on any atom is -0.505 e. The normalized spacial score (nSPS) is 17.7. The molecule has 2 fully saturated rings. The van der Waals surface area contributed by atoms with Crippen LogP contribution in [-0.2, 0) is 10.9 Å². The van der Waals surface area contributed by atoms with Gasteiger partial charge in [0.25, 0.3) is 5.91 Å². The van der Waals surface area contributed by atoms with Gasteiger partial charge in [-0.1, -0.05) is 29.9 Å². The number of nitrogens with zero attached hydrogens (tertiary/aromatic N) is 3. The molecule has 9 nitrogen and oxygen atoms in total. The molecule has 34 heavy (non-hydrogen) atoms. The first-order valence-electron chi connectivity index (χ1n) is 11.3. The number of phenols is 1. The number of benzene rings is 1. The quantitative estimate of drug-likeness (QED) is 0.193. The van der Waals surface area contributed by atoms with E-state index in [1.165, 1.54) is 44.0 Å². The fourth-order valence-corrected chi connectivity index (χ4v) is 4.42. The lowest BCUT2D eigenvalue weighted by Crippen LogP contribution is -2.47. The van der Waals surface area contributed by atoms with Gasteiger partial charge in [-0.3, -0.25) is 10.2 Å². The fraction of sp³-hybridized carbons (Fsp3) is 0.458. The number of rotatable bonds is 8. The average Bonchev–Trinajstić information content (AvgIpc) is 3.72. The molecule has 1 atom stereocenters. The Morgan fingerprint density at radius 2 is 1.94 bits per heavy atom. The summed E-state index contributed by atoms with van der Waals surface area (Å²) in [6, 6.07) is 4.49. The van der Waals surface area contributed by atoms with E-state index in [2.05, 4.69) is 27.9 Å². The molecule has 2 aliphatic rings. The molecule has 1 aromatic rings. The molecular formula is C24H33N5O4S. The molecule has 10 heteroatoms. The van der Waals surface area contributed by atoms with Gasteiger partial charge >= 0.3 is 0 Å². The van der Waals surface area contributed by atoms with Crippen LogP contribution in [0.4, 0.5) is 5.69 Å². The average molecular weight is 488 g/mol. The zero-order valence-electron chi connectivity index (χ0n) is 20.0. The molecular weight excluding hydrogens is 454 g/mol. The van der Waals surface area contributed by atoms with Crippen molar-refractivity contribution < 1.29 is 18.3 Å². The van der Waals surface area contributed by atoms with E-state index in [-0.39, 0.29) is 34.7 Å². The van der Waals surface area contributed by atoms with E-state index in [0.29, 0.717) is 11.8 Å². The smallest absolute Gasteiger partial charge is 0.254 e. The summed E-state index contributed by atoms with van der Waals surface area (Å²) in [5.41, 5.74) is 1.29. The SMILES string of the molecule is CNC(=O)c1cccc(N(C)/C(=N/[SH](=O)=O)C(=N)N(C)[C@@H](/C(C)=C/C=C\C2CC2)C2CC2)c1O. The van der Waals surface area contributed by atoms with Gasteiger partial charge in [0, 0.05) is 21.1 Å². The summed E-state index contributed by atoms with van der Waals surface area (Å²) in [6.07, 6.45) is 10.9. The molecule has 0 heterocycles. The molecule has 0 bridgehead atoms. The standard InChI is InChI=1S/C24H33N5O4S/c1-15(7-5-8-16-11-12-16)20(17-13-14-17)29(4)22(25)23(27-34(32)33)28(3)19-10-6-9-18(21(19)30)24(31)26-2/h5-10,16-17,20,25,30,34H,11-14H2,1-4H3,(H,26,31)/b8-5-,15-7+,25-22?,27-23+/t20-/m0/s1. The number of para-hydroxylation sites is 1. The van der Waals surface area contributed by atoms with Crippen molar-refractivity contribution in [3.05, 3.63) is 47.6 Å².